The van der Waals surface area contributed by atoms with Gasteiger partial charge in [0.2, 0.25) is 5.89 Å². The maximum absolute atomic E-state index is 13.0. The number of nitrogens with zero attached hydrogens (tertiary/aromatic N) is 2. The number of halogens is 2. The van der Waals surface area contributed by atoms with Crippen LogP contribution in [0.15, 0.2) is 50.8 Å². The number of aryl methyl sites for hydroxylation is 2. The first kappa shape index (κ1) is 19.5. The summed E-state index contributed by atoms with van der Waals surface area (Å²) < 4.78 is 19.0. The minimum atomic E-state index is -0.305. The van der Waals surface area contributed by atoms with Crippen LogP contribution < -0.4 is 0 Å². The van der Waals surface area contributed by atoms with E-state index in [1.165, 1.54) is 24.8 Å². The molecule has 0 spiro atoms. The summed E-state index contributed by atoms with van der Waals surface area (Å²) in [5.41, 5.74) is 2.58. The highest BCUT2D eigenvalue weighted by molar-refractivity contribution is 9.09. The van der Waals surface area contributed by atoms with E-state index in [2.05, 4.69) is 31.8 Å². The number of aromatic nitrogens is 2. The lowest BCUT2D eigenvalue weighted by molar-refractivity contribution is 0.453. The molecule has 0 saturated heterocycles. The molecule has 25 heavy (non-hydrogen) atoms. The molecule has 0 atom stereocenters. The van der Waals surface area contributed by atoms with Crippen LogP contribution in [0.25, 0.3) is 5.57 Å². The largest absolute Gasteiger partial charge is 0.429 e. The smallest absolute Gasteiger partial charge is 0.224 e. The number of rotatable bonds is 7. The number of alkyl halides is 1. The molecule has 0 aliphatic rings. The van der Waals surface area contributed by atoms with Gasteiger partial charge in [-0.3, -0.25) is 0 Å². The Hall–Kier alpha value is -1.84. The summed E-state index contributed by atoms with van der Waals surface area (Å²) in [7, 11) is 0. The highest BCUT2D eigenvalue weighted by Crippen LogP contribution is 2.33. The Morgan fingerprint density at radius 2 is 2.24 bits per heavy atom. The van der Waals surface area contributed by atoms with Crippen molar-refractivity contribution >= 4 is 33.3 Å². The highest BCUT2D eigenvalue weighted by Gasteiger charge is 2.17. The van der Waals surface area contributed by atoms with E-state index in [4.69, 9.17) is 10.8 Å². The topological polar surface area (TPSA) is 38.9 Å². The molecule has 0 fully saturated rings. The average molecular weight is 421 g/mol. The van der Waals surface area contributed by atoms with Crippen molar-refractivity contribution in [2.45, 2.75) is 36.8 Å². The average Bonchev–Trinajstić information content (AvgIpc) is 2.96. The fourth-order valence-corrected chi connectivity index (χ4v) is 3.14. The van der Waals surface area contributed by atoms with E-state index in [0.29, 0.717) is 29.4 Å². The molecule has 2 heterocycles. The molecular formula is C19H18BrFN2OS. The van der Waals surface area contributed by atoms with Crippen LogP contribution in [0.3, 0.4) is 0 Å². The number of hydrogen-bond donors (Lipinski definition) is 0. The van der Waals surface area contributed by atoms with Gasteiger partial charge >= 0.3 is 0 Å². The van der Waals surface area contributed by atoms with E-state index >= 15 is 0 Å². The minimum Gasteiger partial charge on any atom is -0.429 e. The molecule has 0 radical (unpaired) electrons. The predicted molar refractivity (Wildman–Crippen MR) is 103 cm³/mol. The van der Waals surface area contributed by atoms with E-state index in [-0.39, 0.29) is 5.83 Å². The van der Waals surface area contributed by atoms with Crippen molar-refractivity contribution < 1.29 is 8.81 Å². The molecule has 0 unspecified atom stereocenters. The maximum atomic E-state index is 13.0. The molecule has 0 N–H and O–H groups in total. The Morgan fingerprint density at radius 3 is 2.84 bits per heavy atom. The van der Waals surface area contributed by atoms with E-state index in [1.807, 2.05) is 25.3 Å². The second-order valence-electron chi connectivity index (χ2n) is 5.29. The SMILES string of the molecule is C#CC/C(=C\C=C(/C)F)c1nc(CCBr)c(Sc2ccc(C)cn2)o1. The Labute approximate surface area is 160 Å². The second kappa shape index (κ2) is 9.59. The predicted octanol–water partition coefficient (Wildman–Crippen LogP) is 5.75. The third-order valence-electron chi connectivity index (χ3n) is 3.16. The van der Waals surface area contributed by atoms with Crippen LogP contribution in [0, 0.1) is 19.3 Å². The Balaban J connectivity index is 2.37. The zero-order chi connectivity index (χ0) is 18.2. The summed E-state index contributed by atoms with van der Waals surface area (Å²) in [6.07, 6.45) is 11.2. The molecule has 2 aromatic rings. The Bertz CT molecular complexity index is 815. The summed E-state index contributed by atoms with van der Waals surface area (Å²) in [4.78, 5) is 8.93. The van der Waals surface area contributed by atoms with Gasteiger partial charge in [-0.25, -0.2) is 14.4 Å². The highest BCUT2D eigenvalue weighted by atomic mass is 79.9. The number of terminal acetylenes is 1. The van der Waals surface area contributed by atoms with Gasteiger partial charge in [-0.15, -0.1) is 12.3 Å². The molecule has 0 bridgehead atoms. The van der Waals surface area contributed by atoms with Crippen LogP contribution in [0.1, 0.15) is 30.5 Å². The number of oxazole rings is 1. The van der Waals surface area contributed by atoms with Crippen molar-refractivity contribution in [2.24, 2.45) is 0 Å². The van der Waals surface area contributed by atoms with Crippen molar-refractivity contribution in [1.29, 1.82) is 0 Å². The summed E-state index contributed by atoms with van der Waals surface area (Å²) in [6.45, 7) is 3.36. The van der Waals surface area contributed by atoms with E-state index < -0.39 is 0 Å². The molecule has 130 valence electrons. The monoisotopic (exact) mass is 420 g/mol. The molecule has 2 aromatic heterocycles. The Morgan fingerprint density at radius 1 is 1.44 bits per heavy atom. The quantitative estimate of drug-likeness (QED) is 0.324. The minimum absolute atomic E-state index is 0.305. The van der Waals surface area contributed by atoms with Gasteiger partial charge in [0.1, 0.15) is 5.03 Å². The van der Waals surface area contributed by atoms with Gasteiger partial charge in [-0.05, 0) is 43.3 Å². The standard InChI is InChI=1S/C19H18BrFN2OS/c1-4-5-15(8-7-14(3)21)18-23-16(10-11-20)19(24-18)25-17-9-6-13(2)12-22-17/h1,6-9,12H,5,10-11H2,2-3H3/b14-7+,15-8+. The van der Waals surface area contributed by atoms with Crippen LogP contribution >= 0.6 is 27.7 Å². The first-order chi connectivity index (χ1) is 12.0. The summed E-state index contributed by atoms with van der Waals surface area (Å²) in [5, 5.41) is 2.26. The van der Waals surface area contributed by atoms with Crippen LogP contribution in [-0.2, 0) is 6.42 Å². The van der Waals surface area contributed by atoms with Crippen molar-refractivity contribution in [3.63, 3.8) is 0 Å². The number of allylic oxidation sites excluding steroid dienone is 4. The molecule has 3 nitrogen and oxygen atoms in total. The van der Waals surface area contributed by atoms with E-state index in [0.717, 1.165) is 21.6 Å². The molecule has 0 aliphatic heterocycles. The summed E-state index contributed by atoms with van der Waals surface area (Å²) in [5.74, 6) is 2.67. The zero-order valence-corrected chi connectivity index (χ0v) is 16.5. The first-order valence-electron chi connectivity index (χ1n) is 7.66. The van der Waals surface area contributed by atoms with Crippen molar-refractivity contribution in [1.82, 2.24) is 9.97 Å². The molecule has 0 amide bonds. The lowest BCUT2D eigenvalue weighted by Crippen LogP contribution is -1.90. The van der Waals surface area contributed by atoms with Crippen LogP contribution in [0.4, 0.5) is 4.39 Å². The van der Waals surface area contributed by atoms with Crippen LogP contribution in [-0.4, -0.2) is 15.3 Å². The third-order valence-corrected chi connectivity index (χ3v) is 4.51. The van der Waals surface area contributed by atoms with Gasteiger partial charge < -0.3 is 4.42 Å². The van der Waals surface area contributed by atoms with Gasteiger partial charge in [0.25, 0.3) is 0 Å². The van der Waals surface area contributed by atoms with Gasteiger partial charge in [0.15, 0.2) is 5.09 Å². The Kier molecular flexibility index (Phi) is 7.48. The molecule has 6 heteroatoms. The third kappa shape index (κ3) is 5.87. The summed E-state index contributed by atoms with van der Waals surface area (Å²) in [6, 6.07) is 3.93. The zero-order valence-electron chi connectivity index (χ0n) is 14.1. The van der Waals surface area contributed by atoms with Crippen LogP contribution in [0.5, 0.6) is 0 Å². The lowest BCUT2D eigenvalue weighted by atomic mass is 10.1. The van der Waals surface area contributed by atoms with E-state index in [1.54, 1.807) is 6.08 Å². The first-order valence-corrected chi connectivity index (χ1v) is 9.60. The normalized spacial score (nSPS) is 12.3. The maximum Gasteiger partial charge on any atom is 0.224 e. The van der Waals surface area contributed by atoms with Crippen molar-refractivity contribution in [2.75, 3.05) is 5.33 Å². The van der Waals surface area contributed by atoms with Crippen molar-refractivity contribution in [3.05, 3.63) is 53.5 Å². The van der Waals surface area contributed by atoms with Gasteiger partial charge in [-0.2, -0.15) is 0 Å². The fourth-order valence-electron chi connectivity index (χ4n) is 1.94. The summed E-state index contributed by atoms with van der Waals surface area (Å²) >= 11 is 4.84. The number of pyridine rings is 1. The van der Waals surface area contributed by atoms with Gasteiger partial charge in [0, 0.05) is 29.9 Å². The molecular weight excluding hydrogens is 403 g/mol. The molecule has 0 saturated carbocycles. The van der Waals surface area contributed by atoms with Gasteiger partial charge in [0.05, 0.1) is 11.5 Å². The van der Waals surface area contributed by atoms with Crippen molar-refractivity contribution in [3.8, 4) is 12.3 Å². The molecule has 0 aliphatic carbocycles. The van der Waals surface area contributed by atoms with Crippen LogP contribution in [0.2, 0.25) is 0 Å². The van der Waals surface area contributed by atoms with Gasteiger partial charge in [-0.1, -0.05) is 28.1 Å². The van der Waals surface area contributed by atoms with E-state index in [9.17, 15) is 4.39 Å². The number of hydrogen-bond acceptors (Lipinski definition) is 4. The lowest BCUT2D eigenvalue weighted by Gasteiger charge is -2.00. The fraction of sp³-hybridized carbons (Fsp3) is 0.263. The second-order valence-corrected chi connectivity index (χ2v) is 7.08. The molecule has 2 rings (SSSR count). The molecule has 0 aromatic carbocycles.